The van der Waals surface area contributed by atoms with Crippen molar-refractivity contribution in [3.05, 3.63) is 41.3 Å². The predicted molar refractivity (Wildman–Crippen MR) is 65.5 cm³/mol. The number of hydrogen-bond acceptors (Lipinski definition) is 4. The van der Waals surface area contributed by atoms with Gasteiger partial charge in [-0.3, -0.25) is 0 Å². The van der Waals surface area contributed by atoms with E-state index in [1.807, 2.05) is 6.07 Å². The number of sulfonamides is 1. The summed E-state index contributed by atoms with van der Waals surface area (Å²) < 4.78 is 25.0. The van der Waals surface area contributed by atoms with Crippen LogP contribution in [0.5, 0.6) is 0 Å². The van der Waals surface area contributed by atoms with Crippen LogP contribution in [-0.2, 0) is 10.0 Å². The van der Waals surface area contributed by atoms with Crippen LogP contribution in [0, 0.1) is 0 Å². The monoisotopic (exact) mass is 257 g/mol. The van der Waals surface area contributed by atoms with E-state index in [0.717, 1.165) is 11.0 Å². The Morgan fingerprint density at radius 1 is 1.29 bits per heavy atom. The average molecular weight is 257 g/mol. The van der Waals surface area contributed by atoms with Gasteiger partial charge in [-0.15, -0.1) is 0 Å². The van der Waals surface area contributed by atoms with Crippen LogP contribution in [0.2, 0.25) is 0 Å². The van der Waals surface area contributed by atoms with Crippen molar-refractivity contribution in [2.24, 2.45) is 0 Å². The molecule has 0 spiro atoms. The highest BCUT2D eigenvalue weighted by molar-refractivity contribution is 7.92. The number of nitrogens with one attached hydrogen (secondary N) is 1. The summed E-state index contributed by atoms with van der Waals surface area (Å²) in [6, 6.07) is 8.98. The Bertz CT molecular complexity index is 456. The lowest BCUT2D eigenvalue weighted by Gasteiger charge is -2.06. The highest BCUT2D eigenvalue weighted by atomic mass is 32.2. The van der Waals surface area contributed by atoms with Crippen molar-refractivity contribution in [1.82, 2.24) is 4.72 Å². The molecule has 5 nitrogen and oxygen atoms in total. The van der Waals surface area contributed by atoms with Gasteiger partial charge in [0.25, 0.3) is 0 Å². The molecule has 94 valence electrons. The van der Waals surface area contributed by atoms with E-state index >= 15 is 0 Å². The predicted octanol–water partition coefficient (Wildman–Crippen LogP) is -0.0701. The van der Waals surface area contributed by atoms with Gasteiger partial charge in [0, 0.05) is 12.0 Å². The molecule has 0 aliphatic carbocycles. The fourth-order valence-corrected chi connectivity index (χ4v) is 1.91. The second kappa shape index (κ2) is 6.51. The van der Waals surface area contributed by atoms with Crippen LogP contribution in [0.1, 0.15) is 5.56 Å². The van der Waals surface area contributed by atoms with Crippen molar-refractivity contribution >= 4 is 16.1 Å². The lowest BCUT2D eigenvalue weighted by molar-refractivity contribution is 0.0989. The van der Waals surface area contributed by atoms with E-state index in [0.29, 0.717) is 0 Å². The lowest BCUT2D eigenvalue weighted by atomic mass is 10.2. The van der Waals surface area contributed by atoms with Crippen molar-refractivity contribution in [3.63, 3.8) is 0 Å². The third kappa shape index (κ3) is 5.60. The van der Waals surface area contributed by atoms with E-state index < -0.39 is 22.7 Å². The second-order valence-electron chi connectivity index (χ2n) is 3.44. The molecule has 1 unspecified atom stereocenters. The van der Waals surface area contributed by atoms with E-state index in [2.05, 4.69) is 4.72 Å². The maximum absolute atomic E-state index is 11.4. The molecule has 0 saturated heterocycles. The Morgan fingerprint density at radius 3 is 2.53 bits per heavy atom. The summed E-state index contributed by atoms with van der Waals surface area (Å²) >= 11 is 0. The molecule has 1 aromatic carbocycles. The van der Waals surface area contributed by atoms with E-state index in [1.165, 1.54) is 6.08 Å². The fraction of sp³-hybridized carbons (Fsp3) is 0.273. The minimum Gasteiger partial charge on any atom is -0.394 e. The molecule has 0 aromatic heterocycles. The van der Waals surface area contributed by atoms with Crippen molar-refractivity contribution in [3.8, 4) is 0 Å². The second-order valence-corrected chi connectivity index (χ2v) is 5.09. The molecule has 0 saturated carbocycles. The third-order valence-corrected chi connectivity index (χ3v) is 3.03. The van der Waals surface area contributed by atoms with Crippen LogP contribution in [-0.4, -0.2) is 37.9 Å². The zero-order chi connectivity index (χ0) is 12.7. The molecule has 0 aliphatic heterocycles. The molecule has 17 heavy (non-hydrogen) atoms. The summed E-state index contributed by atoms with van der Waals surface area (Å²) in [7, 11) is -3.59. The molecule has 0 bridgehead atoms. The molecular weight excluding hydrogens is 242 g/mol. The van der Waals surface area contributed by atoms with Crippen LogP contribution in [0.15, 0.2) is 35.7 Å². The molecule has 1 rings (SSSR count). The van der Waals surface area contributed by atoms with Gasteiger partial charge in [0.2, 0.25) is 10.0 Å². The van der Waals surface area contributed by atoms with Crippen LogP contribution < -0.4 is 4.72 Å². The maximum Gasteiger partial charge on any atom is 0.233 e. The topological polar surface area (TPSA) is 86.6 Å². The third-order valence-electron chi connectivity index (χ3n) is 1.97. The number of aliphatic hydroxyl groups is 2. The Labute approximate surface area is 100 Å². The van der Waals surface area contributed by atoms with Crippen LogP contribution in [0.25, 0.3) is 6.08 Å². The fourth-order valence-electron chi connectivity index (χ4n) is 1.06. The highest BCUT2D eigenvalue weighted by Gasteiger charge is 2.08. The van der Waals surface area contributed by atoms with E-state index in [-0.39, 0.29) is 6.54 Å². The normalized spacial score (nSPS) is 14.0. The number of rotatable bonds is 6. The molecule has 0 fully saturated rings. The number of hydrogen-bond donors (Lipinski definition) is 3. The molecule has 0 radical (unpaired) electrons. The first-order chi connectivity index (χ1) is 8.03. The highest BCUT2D eigenvalue weighted by Crippen LogP contribution is 2.02. The Morgan fingerprint density at radius 2 is 1.94 bits per heavy atom. The lowest BCUT2D eigenvalue weighted by Crippen LogP contribution is -2.32. The van der Waals surface area contributed by atoms with Gasteiger partial charge in [0.1, 0.15) is 0 Å². The van der Waals surface area contributed by atoms with Crippen LogP contribution in [0.3, 0.4) is 0 Å². The van der Waals surface area contributed by atoms with Crippen molar-refractivity contribution in [2.45, 2.75) is 6.10 Å². The molecule has 1 aromatic rings. The van der Waals surface area contributed by atoms with E-state index in [4.69, 9.17) is 10.2 Å². The molecule has 6 heteroatoms. The van der Waals surface area contributed by atoms with E-state index in [1.54, 1.807) is 24.3 Å². The maximum atomic E-state index is 11.4. The van der Waals surface area contributed by atoms with Gasteiger partial charge in [-0.2, -0.15) is 0 Å². The first kappa shape index (κ1) is 13.9. The van der Waals surface area contributed by atoms with Gasteiger partial charge >= 0.3 is 0 Å². The Balaban J connectivity index is 2.58. The standard InChI is InChI=1S/C11H15NO4S/c13-9-11(14)8-12-17(15,16)7-6-10-4-2-1-3-5-10/h1-7,11-14H,8-9H2. The summed E-state index contributed by atoms with van der Waals surface area (Å²) in [4.78, 5) is 0. The minimum absolute atomic E-state index is 0.210. The Kier molecular flexibility index (Phi) is 5.30. The van der Waals surface area contributed by atoms with Crippen molar-refractivity contribution in [1.29, 1.82) is 0 Å². The zero-order valence-electron chi connectivity index (χ0n) is 9.15. The smallest absolute Gasteiger partial charge is 0.233 e. The van der Waals surface area contributed by atoms with Gasteiger partial charge in [-0.1, -0.05) is 30.3 Å². The summed E-state index contributed by atoms with van der Waals surface area (Å²) in [6.45, 7) is -0.692. The van der Waals surface area contributed by atoms with Crippen molar-refractivity contribution < 1.29 is 18.6 Å². The molecule has 0 heterocycles. The van der Waals surface area contributed by atoms with Crippen LogP contribution in [0.4, 0.5) is 0 Å². The molecule has 0 amide bonds. The molecule has 0 aliphatic rings. The molecular formula is C11H15NO4S. The first-order valence-electron chi connectivity index (χ1n) is 5.05. The minimum atomic E-state index is -3.59. The summed E-state index contributed by atoms with van der Waals surface area (Å²) in [5, 5.41) is 18.6. The zero-order valence-corrected chi connectivity index (χ0v) is 9.97. The van der Waals surface area contributed by atoms with Crippen LogP contribution >= 0.6 is 0 Å². The van der Waals surface area contributed by atoms with Gasteiger partial charge in [0.05, 0.1) is 12.7 Å². The van der Waals surface area contributed by atoms with Gasteiger partial charge in [-0.25, -0.2) is 13.1 Å². The Hall–Kier alpha value is -1.21. The molecule has 3 N–H and O–H groups in total. The summed E-state index contributed by atoms with van der Waals surface area (Å²) in [5.41, 5.74) is 0.764. The quantitative estimate of drug-likeness (QED) is 0.666. The van der Waals surface area contributed by atoms with Gasteiger partial charge in [-0.05, 0) is 11.6 Å². The summed E-state index contributed by atoms with van der Waals surface area (Å²) in [5.74, 6) is 0. The summed E-state index contributed by atoms with van der Waals surface area (Å²) in [6.07, 6.45) is 0.364. The number of aliphatic hydroxyl groups excluding tert-OH is 2. The van der Waals surface area contributed by atoms with E-state index in [9.17, 15) is 8.42 Å². The number of benzene rings is 1. The first-order valence-corrected chi connectivity index (χ1v) is 6.60. The SMILES string of the molecule is O=S(=O)(C=Cc1ccccc1)NCC(O)CO. The van der Waals surface area contributed by atoms with Crippen molar-refractivity contribution in [2.75, 3.05) is 13.2 Å². The van der Waals surface area contributed by atoms with Gasteiger partial charge in [0.15, 0.2) is 0 Å². The molecule has 1 atom stereocenters. The largest absolute Gasteiger partial charge is 0.394 e. The van der Waals surface area contributed by atoms with Gasteiger partial charge < -0.3 is 10.2 Å². The average Bonchev–Trinajstić information content (AvgIpc) is 2.35.